The Labute approximate surface area is 117 Å². The lowest BCUT2D eigenvalue weighted by atomic mass is 10.2. The fourth-order valence-corrected chi connectivity index (χ4v) is 1.86. The molecule has 0 aliphatic heterocycles. The van der Waals surface area contributed by atoms with Crippen LogP contribution in [0.5, 0.6) is 0 Å². The molecule has 6 heteroatoms. The molecule has 92 valence electrons. The summed E-state index contributed by atoms with van der Waals surface area (Å²) in [4.78, 5) is 16.0. The molecule has 0 saturated heterocycles. The van der Waals surface area contributed by atoms with Crippen LogP contribution in [0.1, 0.15) is 10.4 Å². The number of anilines is 2. The number of carbonyl (C=O) groups excluding carboxylic acids is 1. The van der Waals surface area contributed by atoms with Crippen molar-refractivity contribution in [1.82, 2.24) is 4.98 Å². The molecule has 1 amide bonds. The maximum atomic E-state index is 12.0. The van der Waals surface area contributed by atoms with Gasteiger partial charge in [-0.15, -0.1) is 0 Å². The van der Waals surface area contributed by atoms with E-state index in [0.29, 0.717) is 26.6 Å². The smallest absolute Gasteiger partial charge is 0.256 e. The molecule has 2 rings (SSSR count). The highest BCUT2D eigenvalue weighted by Gasteiger charge is 2.10. The second kappa shape index (κ2) is 5.37. The van der Waals surface area contributed by atoms with Crippen molar-refractivity contribution < 1.29 is 4.79 Å². The first kappa shape index (κ1) is 12.9. The van der Waals surface area contributed by atoms with Crippen molar-refractivity contribution >= 4 is 44.9 Å². The number of rotatable bonds is 2. The first-order chi connectivity index (χ1) is 8.58. The van der Waals surface area contributed by atoms with E-state index < -0.39 is 0 Å². The molecule has 0 aliphatic rings. The maximum Gasteiger partial charge on any atom is 0.256 e. The van der Waals surface area contributed by atoms with Crippen molar-refractivity contribution in [3.8, 4) is 0 Å². The van der Waals surface area contributed by atoms with Crippen molar-refractivity contribution in [2.24, 2.45) is 0 Å². The highest BCUT2D eigenvalue weighted by molar-refractivity contribution is 9.10. The number of carbonyl (C=O) groups is 1. The van der Waals surface area contributed by atoms with Gasteiger partial charge in [0.25, 0.3) is 5.91 Å². The van der Waals surface area contributed by atoms with Crippen molar-refractivity contribution in [2.75, 3.05) is 11.1 Å². The molecule has 0 saturated carbocycles. The van der Waals surface area contributed by atoms with E-state index in [-0.39, 0.29) is 5.91 Å². The van der Waals surface area contributed by atoms with E-state index in [2.05, 4.69) is 26.2 Å². The zero-order valence-electron chi connectivity index (χ0n) is 9.15. The Morgan fingerprint density at radius 2 is 2.17 bits per heavy atom. The van der Waals surface area contributed by atoms with Gasteiger partial charge in [-0.1, -0.05) is 11.6 Å². The number of benzene rings is 1. The molecule has 1 aromatic carbocycles. The SMILES string of the molecule is Nc1ccc(C(=O)Nc2ncccc2Br)cc1Cl. The summed E-state index contributed by atoms with van der Waals surface area (Å²) in [6.45, 7) is 0. The van der Waals surface area contributed by atoms with E-state index in [1.54, 1.807) is 30.5 Å². The van der Waals surface area contributed by atoms with Crippen LogP contribution in [0.15, 0.2) is 41.0 Å². The molecule has 3 N–H and O–H groups in total. The molecule has 2 aromatic rings. The normalized spacial score (nSPS) is 10.1. The summed E-state index contributed by atoms with van der Waals surface area (Å²) in [7, 11) is 0. The van der Waals surface area contributed by atoms with Gasteiger partial charge in [-0.25, -0.2) is 4.98 Å². The Morgan fingerprint density at radius 1 is 1.39 bits per heavy atom. The molecular formula is C12H9BrClN3O. The molecular weight excluding hydrogens is 318 g/mol. The number of aromatic nitrogens is 1. The standard InChI is InChI=1S/C12H9BrClN3O/c13-8-2-1-5-16-11(8)17-12(18)7-3-4-10(15)9(14)6-7/h1-6H,15H2,(H,16,17,18). The summed E-state index contributed by atoms with van der Waals surface area (Å²) in [6, 6.07) is 8.26. The number of amides is 1. The zero-order chi connectivity index (χ0) is 13.1. The summed E-state index contributed by atoms with van der Waals surface area (Å²) in [5, 5.41) is 3.03. The minimum absolute atomic E-state index is 0.295. The molecule has 0 atom stereocenters. The highest BCUT2D eigenvalue weighted by atomic mass is 79.9. The topological polar surface area (TPSA) is 68.0 Å². The van der Waals surface area contributed by atoms with Gasteiger partial charge in [-0.2, -0.15) is 0 Å². The molecule has 0 bridgehead atoms. The van der Waals surface area contributed by atoms with E-state index in [4.69, 9.17) is 17.3 Å². The summed E-state index contributed by atoms with van der Waals surface area (Å²) >= 11 is 9.16. The Balaban J connectivity index is 2.22. The lowest BCUT2D eigenvalue weighted by Gasteiger charge is -2.07. The monoisotopic (exact) mass is 325 g/mol. The second-order valence-corrected chi connectivity index (χ2v) is 4.79. The quantitative estimate of drug-likeness (QED) is 0.832. The first-order valence-electron chi connectivity index (χ1n) is 5.05. The van der Waals surface area contributed by atoms with Crippen LogP contribution in [-0.2, 0) is 0 Å². The number of pyridine rings is 1. The molecule has 0 radical (unpaired) electrons. The Hall–Kier alpha value is -1.59. The van der Waals surface area contributed by atoms with Crippen LogP contribution in [0, 0.1) is 0 Å². The third kappa shape index (κ3) is 2.80. The third-order valence-electron chi connectivity index (χ3n) is 2.25. The van der Waals surface area contributed by atoms with Gasteiger partial charge < -0.3 is 11.1 Å². The van der Waals surface area contributed by atoms with E-state index in [9.17, 15) is 4.79 Å². The second-order valence-electron chi connectivity index (χ2n) is 3.52. The van der Waals surface area contributed by atoms with Crippen LogP contribution in [0.4, 0.5) is 11.5 Å². The number of nitrogens with one attached hydrogen (secondary N) is 1. The Kier molecular flexibility index (Phi) is 3.84. The van der Waals surface area contributed by atoms with Crippen LogP contribution >= 0.6 is 27.5 Å². The number of nitrogen functional groups attached to an aromatic ring is 1. The highest BCUT2D eigenvalue weighted by Crippen LogP contribution is 2.22. The van der Waals surface area contributed by atoms with Crippen LogP contribution in [0.25, 0.3) is 0 Å². The number of nitrogens with zero attached hydrogens (tertiary/aromatic N) is 1. The van der Waals surface area contributed by atoms with E-state index in [1.807, 2.05) is 0 Å². The van der Waals surface area contributed by atoms with Gasteiger partial charge in [-0.3, -0.25) is 4.79 Å². The lowest BCUT2D eigenvalue weighted by molar-refractivity contribution is 0.102. The fraction of sp³-hybridized carbons (Fsp3) is 0. The van der Waals surface area contributed by atoms with Crippen LogP contribution < -0.4 is 11.1 Å². The average Bonchev–Trinajstić information content (AvgIpc) is 2.35. The predicted molar refractivity (Wildman–Crippen MR) is 75.8 cm³/mol. The number of halogens is 2. The zero-order valence-corrected chi connectivity index (χ0v) is 11.5. The molecule has 1 heterocycles. The predicted octanol–water partition coefficient (Wildman–Crippen LogP) is 3.33. The fourth-order valence-electron chi connectivity index (χ4n) is 1.33. The summed E-state index contributed by atoms with van der Waals surface area (Å²) in [6.07, 6.45) is 1.59. The maximum absolute atomic E-state index is 12.0. The Morgan fingerprint density at radius 3 is 2.83 bits per heavy atom. The molecule has 0 fully saturated rings. The van der Waals surface area contributed by atoms with Crippen molar-refractivity contribution in [3.05, 3.63) is 51.6 Å². The van der Waals surface area contributed by atoms with Gasteiger partial charge in [-0.05, 0) is 46.3 Å². The summed E-state index contributed by atoms with van der Waals surface area (Å²) in [5.41, 5.74) is 6.44. The van der Waals surface area contributed by atoms with Crippen LogP contribution in [0.2, 0.25) is 5.02 Å². The third-order valence-corrected chi connectivity index (χ3v) is 3.22. The molecule has 0 aliphatic carbocycles. The summed E-state index contributed by atoms with van der Waals surface area (Å²) < 4.78 is 0.708. The van der Waals surface area contributed by atoms with Crippen molar-refractivity contribution in [2.45, 2.75) is 0 Å². The van der Waals surface area contributed by atoms with Gasteiger partial charge in [0.2, 0.25) is 0 Å². The number of nitrogens with two attached hydrogens (primary N) is 1. The first-order valence-corrected chi connectivity index (χ1v) is 6.22. The molecule has 4 nitrogen and oxygen atoms in total. The average molecular weight is 327 g/mol. The van der Waals surface area contributed by atoms with E-state index >= 15 is 0 Å². The Bertz CT molecular complexity index is 604. The van der Waals surface area contributed by atoms with Crippen molar-refractivity contribution in [1.29, 1.82) is 0 Å². The number of hydrogen-bond donors (Lipinski definition) is 2. The number of hydrogen-bond acceptors (Lipinski definition) is 3. The van der Waals surface area contributed by atoms with Crippen molar-refractivity contribution in [3.63, 3.8) is 0 Å². The van der Waals surface area contributed by atoms with Crippen LogP contribution in [0.3, 0.4) is 0 Å². The van der Waals surface area contributed by atoms with E-state index in [0.717, 1.165) is 0 Å². The van der Waals surface area contributed by atoms with Gasteiger partial charge in [0, 0.05) is 11.8 Å². The largest absolute Gasteiger partial charge is 0.398 e. The molecule has 0 unspecified atom stereocenters. The molecule has 18 heavy (non-hydrogen) atoms. The van der Waals surface area contributed by atoms with Crippen LogP contribution in [-0.4, -0.2) is 10.9 Å². The van der Waals surface area contributed by atoms with E-state index in [1.165, 1.54) is 6.07 Å². The van der Waals surface area contributed by atoms with Gasteiger partial charge in [0.05, 0.1) is 15.2 Å². The minimum atomic E-state index is -0.295. The molecule has 0 spiro atoms. The van der Waals surface area contributed by atoms with Gasteiger partial charge in [0.1, 0.15) is 5.82 Å². The summed E-state index contributed by atoms with van der Waals surface area (Å²) in [5.74, 6) is 0.159. The minimum Gasteiger partial charge on any atom is -0.398 e. The van der Waals surface area contributed by atoms with Gasteiger partial charge in [0.15, 0.2) is 0 Å². The molecule has 1 aromatic heterocycles. The lowest BCUT2D eigenvalue weighted by Crippen LogP contribution is -2.13. The van der Waals surface area contributed by atoms with Gasteiger partial charge >= 0.3 is 0 Å².